The summed E-state index contributed by atoms with van der Waals surface area (Å²) >= 11 is 0. The molecule has 0 bridgehead atoms. The van der Waals surface area contributed by atoms with Crippen LogP contribution in [0, 0.1) is 0 Å². The molecule has 0 heterocycles. The lowest BCUT2D eigenvalue weighted by molar-refractivity contribution is 0.101. The van der Waals surface area contributed by atoms with Crippen LogP contribution < -0.4 is 4.74 Å². The van der Waals surface area contributed by atoms with Gasteiger partial charge >= 0.3 is 0 Å². The van der Waals surface area contributed by atoms with E-state index in [2.05, 4.69) is 0 Å². The van der Waals surface area contributed by atoms with Gasteiger partial charge in [-0.1, -0.05) is 0 Å². The summed E-state index contributed by atoms with van der Waals surface area (Å²) in [5.41, 5.74) is 0.623. The number of carbonyl (C=O) groups is 1. The number of Topliss-reactive ketones (excluding diaryl/α,β-unsaturated/α-hetero) is 1. The summed E-state index contributed by atoms with van der Waals surface area (Å²) in [5.74, 6) is 0.682. The zero-order valence-electron chi connectivity index (χ0n) is 6.91. The molecule has 60 valence electrons. The van der Waals surface area contributed by atoms with Crippen LogP contribution in [0.1, 0.15) is 10.4 Å². The van der Waals surface area contributed by atoms with Crippen molar-refractivity contribution in [1.82, 2.24) is 0 Å². The molecular weight excluding hydrogens is 151 g/mol. The van der Waals surface area contributed by atoms with Gasteiger partial charge in [-0.05, 0) is 30.6 Å². The van der Waals surface area contributed by atoms with E-state index in [1.807, 2.05) is 0 Å². The molecule has 0 aromatic heterocycles. The van der Waals surface area contributed by atoms with E-state index in [9.17, 15) is 4.79 Å². The Kier molecular flexibility index (Phi) is 2.91. The Bertz CT molecular complexity index is 266. The van der Waals surface area contributed by atoms with Gasteiger partial charge in [-0.15, -0.1) is 0 Å². The molecule has 1 aromatic carbocycles. The first kappa shape index (κ1) is 8.85. The summed E-state index contributed by atoms with van der Waals surface area (Å²) in [6.07, 6.45) is 0.0479. The normalized spacial score (nSPS) is 9.42. The highest BCUT2D eigenvalue weighted by Gasteiger charge is 2.01. The summed E-state index contributed by atoms with van der Waals surface area (Å²) < 4.78 is 4.94. The second-order valence-corrected chi connectivity index (χ2v) is 2.36. The van der Waals surface area contributed by atoms with Gasteiger partial charge in [0.15, 0.2) is 5.78 Å². The Morgan fingerprint density at radius 3 is 2.42 bits per heavy atom. The maximum atomic E-state index is 11.0. The minimum absolute atomic E-state index is 0.0479. The molecule has 0 amide bonds. The van der Waals surface area contributed by atoms with E-state index in [1.165, 1.54) is 0 Å². The van der Waals surface area contributed by atoms with Crippen LogP contribution in [0.15, 0.2) is 24.3 Å². The first-order chi connectivity index (χ1) is 5.77. The number of ketones is 1. The smallest absolute Gasteiger partial charge is 0.154 e. The van der Waals surface area contributed by atoms with Crippen LogP contribution in [0.5, 0.6) is 5.75 Å². The van der Waals surface area contributed by atoms with Crippen LogP contribution in [0.2, 0.25) is 6.32 Å². The topological polar surface area (TPSA) is 26.3 Å². The lowest BCUT2D eigenvalue weighted by Crippen LogP contribution is -1.96. The van der Waals surface area contributed by atoms with Crippen molar-refractivity contribution in [1.29, 1.82) is 0 Å². The van der Waals surface area contributed by atoms with Crippen molar-refractivity contribution in [3.05, 3.63) is 29.8 Å². The Balaban J connectivity index is 2.84. The monoisotopic (exact) mass is 160 g/mol. The molecule has 0 fully saturated rings. The first-order valence-electron chi connectivity index (χ1n) is 3.65. The number of ether oxygens (including phenoxy) is 1. The van der Waals surface area contributed by atoms with Crippen molar-refractivity contribution in [2.24, 2.45) is 0 Å². The van der Waals surface area contributed by atoms with Crippen molar-refractivity contribution in [2.45, 2.75) is 6.32 Å². The van der Waals surface area contributed by atoms with Crippen LogP contribution in [0.3, 0.4) is 0 Å². The molecule has 2 nitrogen and oxygen atoms in total. The maximum Gasteiger partial charge on any atom is 0.154 e. The summed E-state index contributed by atoms with van der Waals surface area (Å²) in [6.45, 7) is 0. The Morgan fingerprint density at radius 1 is 1.42 bits per heavy atom. The maximum absolute atomic E-state index is 11.0. The van der Waals surface area contributed by atoms with E-state index in [4.69, 9.17) is 12.6 Å². The van der Waals surface area contributed by atoms with E-state index < -0.39 is 0 Å². The molecule has 3 heteroatoms. The van der Waals surface area contributed by atoms with E-state index in [0.29, 0.717) is 5.56 Å². The van der Waals surface area contributed by atoms with Crippen molar-refractivity contribution in [3.8, 4) is 5.75 Å². The number of hydrogen-bond acceptors (Lipinski definition) is 2. The fourth-order valence-electron chi connectivity index (χ4n) is 0.895. The summed E-state index contributed by atoms with van der Waals surface area (Å²) in [6, 6.07) is 6.88. The Morgan fingerprint density at radius 2 is 2.00 bits per heavy atom. The van der Waals surface area contributed by atoms with Gasteiger partial charge in [0.2, 0.25) is 0 Å². The quantitative estimate of drug-likeness (QED) is 0.494. The lowest BCUT2D eigenvalue weighted by atomic mass is 9.96. The molecule has 1 aromatic rings. The molecule has 0 N–H and O–H groups in total. The highest BCUT2D eigenvalue weighted by molar-refractivity contribution is 6.23. The average Bonchev–Trinajstić information content (AvgIpc) is 2.17. The van der Waals surface area contributed by atoms with Gasteiger partial charge in [0.1, 0.15) is 5.75 Å². The second kappa shape index (κ2) is 3.95. The number of carbonyl (C=O) groups excluding carboxylic acids is 1. The fraction of sp³-hybridized carbons (Fsp3) is 0.222. The van der Waals surface area contributed by atoms with E-state index in [-0.39, 0.29) is 12.1 Å². The standard InChI is InChI=1S/C9H9BO2/c1-12-8-4-2-7(3-5-8)9(11)6-10/h2-5H,6H2,1H3. The van der Waals surface area contributed by atoms with Crippen LogP contribution in [0.4, 0.5) is 0 Å². The van der Waals surface area contributed by atoms with Gasteiger partial charge in [0.05, 0.1) is 15.0 Å². The third kappa shape index (κ3) is 1.88. The van der Waals surface area contributed by atoms with Gasteiger partial charge in [-0.3, -0.25) is 4.79 Å². The van der Waals surface area contributed by atoms with Crippen molar-refractivity contribution >= 4 is 13.6 Å². The molecule has 0 aliphatic rings. The van der Waals surface area contributed by atoms with Crippen molar-refractivity contribution in [3.63, 3.8) is 0 Å². The summed E-state index contributed by atoms with van der Waals surface area (Å²) in [7, 11) is 6.78. The van der Waals surface area contributed by atoms with Crippen LogP contribution in [0.25, 0.3) is 0 Å². The molecule has 0 unspecified atom stereocenters. The highest BCUT2D eigenvalue weighted by atomic mass is 16.5. The molecule has 12 heavy (non-hydrogen) atoms. The molecule has 0 saturated heterocycles. The predicted molar refractivity (Wildman–Crippen MR) is 47.9 cm³/mol. The van der Waals surface area contributed by atoms with Gasteiger partial charge in [0, 0.05) is 5.56 Å². The molecule has 0 spiro atoms. The minimum Gasteiger partial charge on any atom is -0.497 e. The molecule has 0 saturated carbocycles. The van der Waals surface area contributed by atoms with Crippen LogP contribution in [-0.4, -0.2) is 20.7 Å². The zero-order valence-corrected chi connectivity index (χ0v) is 6.91. The van der Waals surface area contributed by atoms with E-state index in [0.717, 1.165) is 5.75 Å². The molecule has 0 atom stereocenters. The van der Waals surface area contributed by atoms with Crippen LogP contribution >= 0.6 is 0 Å². The molecule has 2 radical (unpaired) electrons. The zero-order chi connectivity index (χ0) is 8.97. The minimum atomic E-state index is -0.0577. The number of hydrogen-bond donors (Lipinski definition) is 0. The predicted octanol–water partition coefficient (Wildman–Crippen LogP) is 1.46. The number of methoxy groups -OCH3 is 1. The second-order valence-electron chi connectivity index (χ2n) is 2.36. The average molecular weight is 160 g/mol. The third-order valence-electron chi connectivity index (χ3n) is 1.60. The molecular formula is C9H9BO2. The third-order valence-corrected chi connectivity index (χ3v) is 1.60. The molecule has 0 aliphatic heterocycles. The SMILES string of the molecule is [B]CC(=O)c1ccc(OC)cc1. The van der Waals surface area contributed by atoms with Crippen LogP contribution in [-0.2, 0) is 0 Å². The van der Waals surface area contributed by atoms with Gasteiger partial charge in [-0.2, -0.15) is 0 Å². The van der Waals surface area contributed by atoms with Gasteiger partial charge < -0.3 is 4.74 Å². The Hall–Kier alpha value is -1.25. The fourth-order valence-corrected chi connectivity index (χ4v) is 0.895. The number of rotatable bonds is 3. The van der Waals surface area contributed by atoms with Gasteiger partial charge in [-0.25, -0.2) is 0 Å². The Labute approximate surface area is 73.0 Å². The lowest BCUT2D eigenvalue weighted by Gasteiger charge is -2.00. The molecule has 0 aliphatic carbocycles. The van der Waals surface area contributed by atoms with E-state index in [1.54, 1.807) is 31.4 Å². The largest absolute Gasteiger partial charge is 0.497 e. The van der Waals surface area contributed by atoms with Crippen molar-refractivity contribution in [2.75, 3.05) is 7.11 Å². The van der Waals surface area contributed by atoms with Gasteiger partial charge in [0.25, 0.3) is 0 Å². The van der Waals surface area contributed by atoms with Crippen molar-refractivity contribution < 1.29 is 9.53 Å². The first-order valence-corrected chi connectivity index (χ1v) is 3.65. The highest BCUT2D eigenvalue weighted by Crippen LogP contribution is 2.12. The summed E-state index contributed by atoms with van der Waals surface area (Å²) in [5, 5.41) is 0. The summed E-state index contributed by atoms with van der Waals surface area (Å²) in [4.78, 5) is 11.0. The molecule has 1 rings (SSSR count). The van der Waals surface area contributed by atoms with E-state index >= 15 is 0 Å². The number of benzene rings is 1.